The molecular weight excluding hydrogens is 222 g/mol. The Morgan fingerprint density at radius 3 is 2.44 bits per heavy atom. The Balaban J connectivity index is 1.88. The highest BCUT2D eigenvalue weighted by atomic mass is 16.3. The van der Waals surface area contributed by atoms with Gasteiger partial charge in [-0.25, -0.2) is 0 Å². The summed E-state index contributed by atoms with van der Waals surface area (Å²) >= 11 is 0. The van der Waals surface area contributed by atoms with Gasteiger partial charge in [0.25, 0.3) is 0 Å². The number of nitrogens with one attached hydrogen (secondary N) is 1. The average molecular weight is 253 g/mol. The molecule has 0 aromatic heterocycles. The van der Waals surface area contributed by atoms with Crippen molar-refractivity contribution in [2.24, 2.45) is 11.8 Å². The van der Waals surface area contributed by atoms with Crippen molar-refractivity contribution in [3.63, 3.8) is 0 Å². The Morgan fingerprint density at radius 1 is 1.11 bits per heavy atom. The second-order valence-electron chi connectivity index (χ2n) is 6.57. The first-order chi connectivity index (χ1) is 8.68. The molecule has 2 heteroatoms. The first-order valence-corrected chi connectivity index (χ1v) is 8.13. The lowest BCUT2D eigenvalue weighted by atomic mass is 9.66. The smallest absolute Gasteiger partial charge is 0.0677 e. The maximum absolute atomic E-state index is 11.0. The Kier molecular flexibility index (Phi) is 5.08. The third-order valence-electron chi connectivity index (χ3n) is 5.46. The molecule has 2 N–H and O–H groups in total. The topological polar surface area (TPSA) is 32.3 Å². The lowest BCUT2D eigenvalue weighted by Gasteiger charge is -2.45. The number of rotatable bonds is 4. The van der Waals surface area contributed by atoms with Crippen molar-refractivity contribution in [1.29, 1.82) is 0 Å². The second-order valence-corrected chi connectivity index (χ2v) is 6.57. The van der Waals surface area contributed by atoms with E-state index in [0.717, 1.165) is 38.1 Å². The van der Waals surface area contributed by atoms with Crippen LogP contribution in [0.3, 0.4) is 0 Å². The fourth-order valence-electron chi connectivity index (χ4n) is 4.17. The normalized spacial score (nSPS) is 41.8. The largest absolute Gasteiger partial charge is 0.390 e. The maximum atomic E-state index is 11.0. The summed E-state index contributed by atoms with van der Waals surface area (Å²) in [6.45, 7) is 5.54. The molecule has 0 bridgehead atoms. The minimum atomic E-state index is -0.334. The standard InChI is InChI=1S/C16H31NO/c1-3-13-6-5-7-14(12-13)16(18)10-8-15(9-11-16)17-4-2/h13-15,17-18H,3-12H2,1-2H3. The SMILES string of the molecule is CCNC1CCC(O)(C2CCCC(CC)C2)CC1. The second kappa shape index (κ2) is 6.38. The lowest BCUT2D eigenvalue weighted by Crippen LogP contribution is -2.47. The molecule has 0 aromatic carbocycles. The van der Waals surface area contributed by atoms with E-state index in [1.165, 1.54) is 32.1 Å². The zero-order valence-corrected chi connectivity index (χ0v) is 12.3. The Labute approximate surface area is 113 Å². The van der Waals surface area contributed by atoms with Gasteiger partial charge in [-0.1, -0.05) is 33.1 Å². The molecule has 0 saturated heterocycles. The molecule has 0 radical (unpaired) electrons. The molecule has 18 heavy (non-hydrogen) atoms. The molecule has 106 valence electrons. The van der Waals surface area contributed by atoms with Crippen LogP contribution in [0.2, 0.25) is 0 Å². The maximum Gasteiger partial charge on any atom is 0.0677 e. The van der Waals surface area contributed by atoms with E-state index >= 15 is 0 Å². The molecule has 2 atom stereocenters. The summed E-state index contributed by atoms with van der Waals surface area (Å²) in [6, 6.07) is 0.654. The van der Waals surface area contributed by atoms with Gasteiger partial charge >= 0.3 is 0 Å². The fraction of sp³-hybridized carbons (Fsp3) is 1.00. The minimum Gasteiger partial charge on any atom is -0.390 e. The quantitative estimate of drug-likeness (QED) is 0.804. The van der Waals surface area contributed by atoms with E-state index in [1.807, 2.05) is 0 Å². The van der Waals surface area contributed by atoms with Crippen LogP contribution >= 0.6 is 0 Å². The van der Waals surface area contributed by atoms with Crippen LogP contribution in [0.1, 0.15) is 71.6 Å². The van der Waals surface area contributed by atoms with E-state index < -0.39 is 0 Å². The summed E-state index contributed by atoms with van der Waals surface area (Å²) in [4.78, 5) is 0. The highest BCUT2D eigenvalue weighted by Gasteiger charge is 2.41. The molecular formula is C16H31NO. The van der Waals surface area contributed by atoms with E-state index in [-0.39, 0.29) is 5.60 Å². The van der Waals surface area contributed by atoms with E-state index in [9.17, 15) is 5.11 Å². The van der Waals surface area contributed by atoms with Crippen molar-refractivity contribution in [1.82, 2.24) is 5.32 Å². The molecule has 2 fully saturated rings. The molecule has 2 aliphatic rings. The summed E-state index contributed by atoms with van der Waals surface area (Å²) in [5.41, 5.74) is -0.334. The first kappa shape index (κ1) is 14.3. The molecule has 2 nitrogen and oxygen atoms in total. The zero-order valence-electron chi connectivity index (χ0n) is 12.3. The summed E-state index contributed by atoms with van der Waals surface area (Å²) < 4.78 is 0. The third-order valence-corrected chi connectivity index (χ3v) is 5.46. The zero-order chi connectivity index (χ0) is 13.0. The van der Waals surface area contributed by atoms with E-state index in [2.05, 4.69) is 19.2 Å². The van der Waals surface area contributed by atoms with Gasteiger partial charge in [-0.15, -0.1) is 0 Å². The van der Waals surface area contributed by atoms with Gasteiger partial charge in [-0.3, -0.25) is 0 Å². The monoisotopic (exact) mass is 253 g/mol. The van der Waals surface area contributed by atoms with Crippen molar-refractivity contribution in [3.05, 3.63) is 0 Å². The van der Waals surface area contributed by atoms with Crippen LogP contribution in [-0.2, 0) is 0 Å². The number of hydrogen-bond donors (Lipinski definition) is 2. The van der Waals surface area contributed by atoms with Gasteiger partial charge < -0.3 is 10.4 Å². The van der Waals surface area contributed by atoms with Gasteiger partial charge in [0.1, 0.15) is 0 Å². The molecule has 2 rings (SSSR count). The predicted molar refractivity (Wildman–Crippen MR) is 76.6 cm³/mol. The molecule has 2 aliphatic carbocycles. The van der Waals surface area contributed by atoms with Crippen LogP contribution in [0, 0.1) is 11.8 Å². The summed E-state index contributed by atoms with van der Waals surface area (Å²) in [5, 5.41) is 14.5. The highest BCUT2D eigenvalue weighted by molar-refractivity contribution is 4.94. The van der Waals surface area contributed by atoms with Gasteiger partial charge in [0, 0.05) is 6.04 Å². The molecule has 0 aliphatic heterocycles. The van der Waals surface area contributed by atoms with Gasteiger partial charge in [0.15, 0.2) is 0 Å². The molecule has 0 heterocycles. The van der Waals surface area contributed by atoms with Crippen LogP contribution in [0.5, 0.6) is 0 Å². The van der Waals surface area contributed by atoms with E-state index in [0.29, 0.717) is 12.0 Å². The highest BCUT2D eigenvalue weighted by Crippen LogP contribution is 2.43. The average Bonchev–Trinajstić information content (AvgIpc) is 2.42. The van der Waals surface area contributed by atoms with E-state index in [1.54, 1.807) is 0 Å². The minimum absolute atomic E-state index is 0.334. The molecule has 0 spiro atoms. The molecule has 0 amide bonds. The number of hydrogen-bond acceptors (Lipinski definition) is 2. The fourth-order valence-corrected chi connectivity index (χ4v) is 4.17. The predicted octanol–water partition coefficient (Wildman–Crippen LogP) is 3.49. The summed E-state index contributed by atoms with van der Waals surface area (Å²) in [7, 11) is 0. The van der Waals surface area contributed by atoms with Crippen molar-refractivity contribution in [2.75, 3.05) is 6.54 Å². The van der Waals surface area contributed by atoms with Gasteiger partial charge in [0.05, 0.1) is 5.60 Å². The van der Waals surface area contributed by atoms with Crippen molar-refractivity contribution in [2.45, 2.75) is 83.3 Å². The van der Waals surface area contributed by atoms with Gasteiger partial charge in [0.2, 0.25) is 0 Å². The molecule has 2 unspecified atom stereocenters. The third kappa shape index (κ3) is 3.27. The molecule has 2 saturated carbocycles. The van der Waals surface area contributed by atoms with Crippen LogP contribution in [-0.4, -0.2) is 23.3 Å². The summed E-state index contributed by atoms with van der Waals surface area (Å²) in [5.74, 6) is 1.46. The van der Waals surface area contributed by atoms with Crippen LogP contribution in [0.4, 0.5) is 0 Å². The van der Waals surface area contributed by atoms with Gasteiger partial charge in [-0.05, 0) is 56.9 Å². The molecule has 0 aromatic rings. The Morgan fingerprint density at radius 2 is 1.83 bits per heavy atom. The Bertz CT molecular complexity index is 245. The summed E-state index contributed by atoms with van der Waals surface area (Å²) in [6.07, 6.45) is 10.9. The van der Waals surface area contributed by atoms with Crippen LogP contribution < -0.4 is 5.32 Å². The van der Waals surface area contributed by atoms with Gasteiger partial charge in [-0.2, -0.15) is 0 Å². The Hall–Kier alpha value is -0.0800. The van der Waals surface area contributed by atoms with Crippen molar-refractivity contribution >= 4 is 0 Å². The van der Waals surface area contributed by atoms with Crippen LogP contribution in [0.15, 0.2) is 0 Å². The lowest BCUT2D eigenvalue weighted by molar-refractivity contribution is -0.0729. The van der Waals surface area contributed by atoms with Crippen molar-refractivity contribution < 1.29 is 5.11 Å². The first-order valence-electron chi connectivity index (χ1n) is 8.13. The van der Waals surface area contributed by atoms with Crippen LogP contribution in [0.25, 0.3) is 0 Å². The number of aliphatic hydroxyl groups is 1. The van der Waals surface area contributed by atoms with E-state index in [4.69, 9.17) is 0 Å². The van der Waals surface area contributed by atoms with Crippen molar-refractivity contribution in [3.8, 4) is 0 Å².